The highest BCUT2D eigenvalue weighted by molar-refractivity contribution is 7.15. The first-order valence-corrected chi connectivity index (χ1v) is 8.01. The van der Waals surface area contributed by atoms with E-state index in [4.69, 9.17) is 5.73 Å². The minimum absolute atomic E-state index is 0. The molecule has 1 atom stereocenters. The number of hydrogen-bond donors (Lipinski definition) is 2. The number of thiazole rings is 1. The third-order valence-corrected chi connectivity index (χ3v) is 4.33. The summed E-state index contributed by atoms with van der Waals surface area (Å²) in [6.07, 6.45) is 3.98. The Labute approximate surface area is 144 Å². The number of nitrogens with one attached hydrogen (secondary N) is 1. The van der Waals surface area contributed by atoms with Crippen LogP contribution >= 0.6 is 23.7 Å². The molecular weight excluding hydrogens is 332 g/mol. The molecule has 0 aliphatic rings. The summed E-state index contributed by atoms with van der Waals surface area (Å²) in [6, 6.07) is 7.13. The number of hydrogen-bond acceptors (Lipinski definition) is 4. The summed E-state index contributed by atoms with van der Waals surface area (Å²) < 4.78 is 2.00. The predicted octanol–water partition coefficient (Wildman–Crippen LogP) is 3.41. The van der Waals surface area contributed by atoms with Crippen molar-refractivity contribution in [2.45, 2.75) is 19.9 Å². The van der Waals surface area contributed by atoms with Crippen molar-refractivity contribution in [3.05, 3.63) is 42.0 Å². The summed E-state index contributed by atoms with van der Waals surface area (Å²) in [6.45, 7) is 3.86. The van der Waals surface area contributed by atoms with Crippen LogP contribution in [0.5, 0.6) is 0 Å². The predicted molar refractivity (Wildman–Crippen MR) is 97.2 cm³/mol. The van der Waals surface area contributed by atoms with Crippen LogP contribution in [0.15, 0.2) is 42.0 Å². The number of nitrogens with two attached hydrogens (primary N) is 1. The molecule has 3 rings (SSSR count). The van der Waals surface area contributed by atoms with Crippen LogP contribution in [0.3, 0.4) is 0 Å². The van der Waals surface area contributed by atoms with Crippen LogP contribution < -0.4 is 11.1 Å². The van der Waals surface area contributed by atoms with E-state index in [-0.39, 0.29) is 24.2 Å². The van der Waals surface area contributed by atoms with Gasteiger partial charge < -0.3 is 11.1 Å². The second-order valence-electron chi connectivity index (χ2n) is 5.56. The van der Waals surface area contributed by atoms with Crippen LogP contribution in [-0.4, -0.2) is 21.3 Å². The fourth-order valence-electron chi connectivity index (χ4n) is 2.12. The molecule has 2 aromatic heterocycles. The molecule has 23 heavy (non-hydrogen) atoms. The molecule has 3 aromatic rings. The summed E-state index contributed by atoms with van der Waals surface area (Å²) in [5.74, 6) is -0.0528. The average molecular weight is 351 g/mol. The van der Waals surface area contributed by atoms with Crippen molar-refractivity contribution in [3.63, 3.8) is 0 Å². The fourth-order valence-corrected chi connectivity index (χ4v) is 2.82. The number of halogens is 1. The van der Waals surface area contributed by atoms with E-state index in [2.05, 4.69) is 10.3 Å². The van der Waals surface area contributed by atoms with E-state index in [9.17, 15) is 4.79 Å². The van der Waals surface area contributed by atoms with Crippen molar-refractivity contribution in [2.24, 2.45) is 11.7 Å². The van der Waals surface area contributed by atoms with Gasteiger partial charge in [0.25, 0.3) is 0 Å². The SMILES string of the molecule is CC(C)[C@H](N)C(=O)Nc1ccc(-c2cn3ccsc3n2)cc1.Cl. The maximum absolute atomic E-state index is 11.9. The molecule has 2 heterocycles. The standard InChI is InChI=1S/C16H18N4OS.ClH/c1-10(2)14(17)15(21)18-12-5-3-11(4-6-12)13-9-20-7-8-22-16(20)19-13;/h3-10,14H,17H2,1-2H3,(H,18,21);1H/t14-;/m0./s1. The number of aromatic nitrogens is 2. The highest BCUT2D eigenvalue weighted by Gasteiger charge is 2.17. The van der Waals surface area contributed by atoms with Crippen LogP contribution in [0.4, 0.5) is 5.69 Å². The maximum atomic E-state index is 11.9. The molecule has 0 radical (unpaired) electrons. The Hall–Kier alpha value is -1.89. The quantitative estimate of drug-likeness (QED) is 0.757. The van der Waals surface area contributed by atoms with Gasteiger partial charge in [-0.1, -0.05) is 26.0 Å². The van der Waals surface area contributed by atoms with Gasteiger partial charge in [-0.3, -0.25) is 9.20 Å². The molecule has 5 nitrogen and oxygen atoms in total. The zero-order valence-electron chi connectivity index (χ0n) is 12.9. The number of carbonyl (C=O) groups excluding carboxylic acids is 1. The van der Waals surface area contributed by atoms with E-state index >= 15 is 0 Å². The average Bonchev–Trinajstić information content (AvgIpc) is 3.08. The van der Waals surface area contributed by atoms with Crippen LogP contribution in [0.1, 0.15) is 13.8 Å². The second-order valence-corrected chi connectivity index (χ2v) is 6.43. The smallest absolute Gasteiger partial charge is 0.241 e. The van der Waals surface area contributed by atoms with E-state index in [0.29, 0.717) is 0 Å². The lowest BCUT2D eigenvalue weighted by atomic mass is 10.0. The van der Waals surface area contributed by atoms with Gasteiger partial charge in [0.05, 0.1) is 11.7 Å². The van der Waals surface area contributed by atoms with Gasteiger partial charge in [-0.15, -0.1) is 23.7 Å². The molecule has 1 aromatic carbocycles. The lowest BCUT2D eigenvalue weighted by molar-refractivity contribution is -0.118. The van der Waals surface area contributed by atoms with Gasteiger partial charge in [0.1, 0.15) is 0 Å². The fraction of sp³-hybridized carbons (Fsp3) is 0.250. The highest BCUT2D eigenvalue weighted by atomic mass is 35.5. The Bertz CT molecular complexity index is 765. The molecule has 0 aliphatic heterocycles. The molecule has 0 aliphatic carbocycles. The number of carbonyl (C=O) groups is 1. The summed E-state index contributed by atoms with van der Waals surface area (Å²) in [4.78, 5) is 17.5. The Balaban J connectivity index is 0.00000192. The first-order chi connectivity index (χ1) is 10.5. The van der Waals surface area contributed by atoms with Crippen LogP contribution in [0, 0.1) is 5.92 Å². The molecule has 122 valence electrons. The summed E-state index contributed by atoms with van der Waals surface area (Å²) >= 11 is 1.60. The van der Waals surface area contributed by atoms with E-state index in [1.807, 2.05) is 60.3 Å². The largest absolute Gasteiger partial charge is 0.325 e. The van der Waals surface area contributed by atoms with E-state index in [0.717, 1.165) is 21.9 Å². The van der Waals surface area contributed by atoms with Crippen molar-refractivity contribution in [1.82, 2.24) is 9.38 Å². The third-order valence-electron chi connectivity index (χ3n) is 3.56. The molecule has 1 amide bonds. The molecule has 0 spiro atoms. The normalized spacial score (nSPS) is 12.2. The Morgan fingerprint density at radius 2 is 2.00 bits per heavy atom. The summed E-state index contributed by atoms with van der Waals surface area (Å²) in [7, 11) is 0. The van der Waals surface area contributed by atoms with E-state index in [1.54, 1.807) is 11.3 Å². The second kappa shape index (κ2) is 7.12. The van der Waals surface area contributed by atoms with Gasteiger partial charge in [0.2, 0.25) is 5.91 Å². The minimum atomic E-state index is -0.500. The number of rotatable bonds is 4. The molecule has 0 saturated heterocycles. The first-order valence-electron chi connectivity index (χ1n) is 7.13. The number of fused-ring (bicyclic) bond motifs is 1. The molecule has 0 saturated carbocycles. The Kier molecular flexibility index (Phi) is 5.41. The van der Waals surface area contributed by atoms with Crippen molar-refractivity contribution in [3.8, 4) is 11.3 Å². The lowest BCUT2D eigenvalue weighted by Gasteiger charge is -2.15. The van der Waals surface area contributed by atoms with Gasteiger partial charge in [-0.25, -0.2) is 4.98 Å². The molecule has 0 bridgehead atoms. The van der Waals surface area contributed by atoms with Gasteiger partial charge in [0, 0.05) is 29.0 Å². The molecule has 3 N–H and O–H groups in total. The number of amides is 1. The van der Waals surface area contributed by atoms with E-state index < -0.39 is 6.04 Å². The third kappa shape index (κ3) is 3.72. The minimum Gasteiger partial charge on any atom is -0.325 e. The molecule has 0 fully saturated rings. The van der Waals surface area contributed by atoms with Crippen molar-refractivity contribution < 1.29 is 4.79 Å². The number of imidazole rings is 1. The molecule has 0 unspecified atom stereocenters. The Morgan fingerprint density at radius 1 is 1.30 bits per heavy atom. The molecule has 7 heteroatoms. The van der Waals surface area contributed by atoms with Crippen molar-refractivity contribution in [1.29, 1.82) is 0 Å². The van der Waals surface area contributed by atoms with Gasteiger partial charge in [0.15, 0.2) is 4.96 Å². The Morgan fingerprint density at radius 3 is 2.61 bits per heavy atom. The lowest BCUT2D eigenvalue weighted by Crippen LogP contribution is -2.39. The number of benzene rings is 1. The highest BCUT2D eigenvalue weighted by Crippen LogP contribution is 2.23. The first kappa shape index (κ1) is 17.5. The van der Waals surface area contributed by atoms with Crippen LogP contribution in [0.25, 0.3) is 16.2 Å². The molecular formula is C16H19ClN4OS. The monoisotopic (exact) mass is 350 g/mol. The summed E-state index contributed by atoms with van der Waals surface area (Å²) in [5, 5.41) is 4.84. The number of anilines is 1. The van der Waals surface area contributed by atoms with Gasteiger partial charge in [-0.05, 0) is 18.1 Å². The number of nitrogens with zero attached hydrogens (tertiary/aromatic N) is 2. The van der Waals surface area contributed by atoms with Gasteiger partial charge >= 0.3 is 0 Å². The van der Waals surface area contributed by atoms with Crippen LogP contribution in [-0.2, 0) is 4.79 Å². The summed E-state index contributed by atoms with van der Waals surface area (Å²) in [5.41, 5.74) is 8.51. The topological polar surface area (TPSA) is 72.4 Å². The van der Waals surface area contributed by atoms with Crippen LogP contribution in [0.2, 0.25) is 0 Å². The zero-order chi connectivity index (χ0) is 15.7. The van der Waals surface area contributed by atoms with E-state index in [1.165, 1.54) is 0 Å². The zero-order valence-corrected chi connectivity index (χ0v) is 14.5. The van der Waals surface area contributed by atoms with Crippen molar-refractivity contribution >= 4 is 40.3 Å². The maximum Gasteiger partial charge on any atom is 0.241 e. The van der Waals surface area contributed by atoms with Crippen molar-refractivity contribution in [2.75, 3.05) is 5.32 Å². The van der Waals surface area contributed by atoms with Gasteiger partial charge in [-0.2, -0.15) is 0 Å².